The van der Waals surface area contributed by atoms with Crippen molar-refractivity contribution in [2.45, 2.75) is 25.8 Å². The van der Waals surface area contributed by atoms with Gasteiger partial charge in [0, 0.05) is 24.0 Å². The van der Waals surface area contributed by atoms with Crippen molar-refractivity contribution in [1.82, 2.24) is 10.3 Å². The molecule has 0 saturated carbocycles. The highest BCUT2D eigenvalue weighted by atomic mass is 14.9. The second-order valence-corrected chi connectivity index (χ2v) is 4.28. The normalized spacial score (nSPS) is 12.2. The summed E-state index contributed by atoms with van der Waals surface area (Å²) in [6, 6.07) is 10.7. The molecule has 2 nitrogen and oxygen atoms in total. The molecule has 0 aliphatic heterocycles. The zero-order valence-corrected chi connectivity index (χ0v) is 10.7. The van der Waals surface area contributed by atoms with Crippen LogP contribution >= 0.6 is 0 Å². The van der Waals surface area contributed by atoms with Gasteiger partial charge in [-0.2, -0.15) is 0 Å². The molecule has 1 aromatic carbocycles. The van der Waals surface area contributed by atoms with E-state index in [0.717, 1.165) is 24.9 Å². The highest BCUT2D eigenvalue weighted by molar-refractivity contribution is 5.82. The smallest absolute Gasteiger partial charge is 0.0749 e. The second-order valence-electron chi connectivity index (χ2n) is 4.28. The monoisotopic (exact) mass is 238 g/mol. The van der Waals surface area contributed by atoms with Gasteiger partial charge in [-0.1, -0.05) is 31.2 Å². The van der Waals surface area contributed by atoms with Gasteiger partial charge in [0.05, 0.1) is 5.52 Å². The number of hydrogen-bond acceptors (Lipinski definition) is 2. The summed E-state index contributed by atoms with van der Waals surface area (Å²) in [4.78, 5) is 4.50. The molecular weight excluding hydrogens is 220 g/mol. The van der Waals surface area contributed by atoms with Gasteiger partial charge in [0.2, 0.25) is 0 Å². The first kappa shape index (κ1) is 12.6. The van der Waals surface area contributed by atoms with E-state index in [1.165, 1.54) is 10.9 Å². The van der Waals surface area contributed by atoms with E-state index in [9.17, 15) is 0 Å². The molecule has 2 aromatic rings. The molecule has 1 aromatic heterocycles. The number of nitrogens with one attached hydrogen (secondary N) is 1. The van der Waals surface area contributed by atoms with Gasteiger partial charge in [0.15, 0.2) is 0 Å². The number of fused-ring (bicyclic) bond motifs is 1. The van der Waals surface area contributed by atoms with Crippen LogP contribution in [0.3, 0.4) is 0 Å². The van der Waals surface area contributed by atoms with Gasteiger partial charge in [0.1, 0.15) is 0 Å². The van der Waals surface area contributed by atoms with Crippen LogP contribution in [0.4, 0.5) is 0 Å². The summed E-state index contributed by atoms with van der Waals surface area (Å²) in [7, 11) is 0. The van der Waals surface area contributed by atoms with E-state index >= 15 is 0 Å². The number of para-hydroxylation sites is 1. The van der Waals surface area contributed by atoms with E-state index in [0.29, 0.717) is 0 Å². The van der Waals surface area contributed by atoms with E-state index in [1.54, 1.807) is 0 Å². The standard InChI is InChI=1S/C16H18N2/c1-3-5-11-15(17-4-2)14-10-6-8-13-9-7-12-18-16(13)14/h1,6-10,12,15,17H,4-5,11H2,2H3. The predicted molar refractivity (Wildman–Crippen MR) is 76.2 cm³/mol. The summed E-state index contributed by atoms with van der Waals surface area (Å²) < 4.78 is 0. The van der Waals surface area contributed by atoms with Gasteiger partial charge in [-0.25, -0.2) is 0 Å². The van der Waals surface area contributed by atoms with Crippen molar-refractivity contribution in [2.75, 3.05) is 6.54 Å². The van der Waals surface area contributed by atoms with E-state index in [4.69, 9.17) is 6.42 Å². The Bertz CT molecular complexity index is 549. The van der Waals surface area contributed by atoms with Crippen LogP contribution in [0.5, 0.6) is 0 Å². The number of rotatable bonds is 5. The van der Waals surface area contributed by atoms with Gasteiger partial charge in [-0.3, -0.25) is 4.98 Å². The maximum Gasteiger partial charge on any atom is 0.0749 e. The van der Waals surface area contributed by atoms with E-state index in [-0.39, 0.29) is 6.04 Å². The predicted octanol–water partition coefficient (Wildman–Crippen LogP) is 3.30. The molecule has 0 radical (unpaired) electrons. The summed E-state index contributed by atoms with van der Waals surface area (Å²) in [5, 5.41) is 4.67. The summed E-state index contributed by atoms with van der Waals surface area (Å²) >= 11 is 0. The van der Waals surface area contributed by atoms with Gasteiger partial charge in [0.25, 0.3) is 0 Å². The van der Waals surface area contributed by atoms with Crippen molar-refractivity contribution >= 4 is 10.9 Å². The van der Waals surface area contributed by atoms with Crippen LogP contribution in [-0.4, -0.2) is 11.5 Å². The molecule has 1 N–H and O–H groups in total. The highest BCUT2D eigenvalue weighted by Gasteiger charge is 2.13. The Balaban J connectivity index is 2.40. The molecule has 1 atom stereocenters. The molecule has 2 heteroatoms. The molecule has 0 spiro atoms. The minimum atomic E-state index is 0.282. The first-order chi connectivity index (χ1) is 8.86. The molecular formula is C16H18N2. The SMILES string of the molecule is C#CCCC(NCC)c1cccc2cccnc12. The molecule has 92 valence electrons. The summed E-state index contributed by atoms with van der Waals surface area (Å²) in [5.74, 6) is 2.71. The summed E-state index contributed by atoms with van der Waals surface area (Å²) in [6.07, 6.45) is 8.94. The van der Waals surface area contributed by atoms with Gasteiger partial charge < -0.3 is 5.32 Å². The maximum atomic E-state index is 5.37. The Labute approximate surface area is 108 Å². The van der Waals surface area contributed by atoms with Gasteiger partial charge in [-0.15, -0.1) is 12.3 Å². The van der Waals surface area contributed by atoms with Gasteiger partial charge in [-0.05, 0) is 24.6 Å². The van der Waals surface area contributed by atoms with Crippen molar-refractivity contribution in [3.63, 3.8) is 0 Å². The molecule has 0 aliphatic carbocycles. The maximum absolute atomic E-state index is 5.37. The lowest BCUT2D eigenvalue weighted by molar-refractivity contribution is 0.525. The van der Waals surface area contributed by atoms with Crippen LogP contribution in [0, 0.1) is 12.3 Å². The lowest BCUT2D eigenvalue weighted by Crippen LogP contribution is -2.21. The quantitative estimate of drug-likeness (QED) is 0.808. The third-order valence-electron chi connectivity index (χ3n) is 3.07. The topological polar surface area (TPSA) is 24.9 Å². The molecule has 0 fully saturated rings. The zero-order valence-electron chi connectivity index (χ0n) is 10.7. The van der Waals surface area contributed by atoms with Crippen LogP contribution in [-0.2, 0) is 0 Å². The highest BCUT2D eigenvalue weighted by Crippen LogP contribution is 2.25. The van der Waals surface area contributed by atoms with E-state index in [2.05, 4.69) is 47.4 Å². The Morgan fingerprint density at radius 1 is 1.33 bits per heavy atom. The van der Waals surface area contributed by atoms with Crippen LogP contribution < -0.4 is 5.32 Å². The van der Waals surface area contributed by atoms with Crippen molar-refractivity contribution in [1.29, 1.82) is 0 Å². The minimum Gasteiger partial charge on any atom is -0.310 e. The molecule has 0 aliphatic rings. The third kappa shape index (κ3) is 2.69. The lowest BCUT2D eigenvalue weighted by atomic mass is 9.99. The fraction of sp³-hybridized carbons (Fsp3) is 0.312. The summed E-state index contributed by atoms with van der Waals surface area (Å²) in [5.41, 5.74) is 2.31. The molecule has 1 heterocycles. The van der Waals surface area contributed by atoms with Crippen LogP contribution in [0.25, 0.3) is 10.9 Å². The second kappa shape index (κ2) is 6.18. The zero-order chi connectivity index (χ0) is 12.8. The van der Waals surface area contributed by atoms with Gasteiger partial charge >= 0.3 is 0 Å². The first-order valence-electron chi connectivity index (χ1n) is 6.37. The van der Waals surface area contributed by atoms with Crippen molar-refractivity contribution in [3.8, 4) is 12.3 Å². The number of hydrogen-bond donors (Lipinski definition) is 1. The van der Waals surface area contributed by atoms with Crippen molar-refractivity contribution < 1.29 is 0 Å². The number of benzene rings is 1. The van der Waals surface area contributed by atoms with E-state index < -0.39 is 0 Å². The Morgan fingerprint density at radius 3 is 2.94 bits per heavy atom. The third-order valence-corrected chi connectivity index (χ3v) is 3.07. The number of aromatic nitrogens is 1. The summed E-state index contributed by atoms with van der Waals surface area (Å²) in [6.45, 7) is 3.04. The van der Waals surface area contributed by atoms with Crippen molar-refractivity contribution in [3.05, 3.63) is 42.1 Å². The average Bonchev–Trinajstić information content (AvgIpc) is 2.43. The number of nitrogens with zero attached hydrogens (tertiary/aromatic N) is 1. The first-order valence-corrected chi connectivity index (χ1v) is 6.37. The molecule has 18 heavy (non-hydrogen) atoms. The molecule has 2 rings (SSSR count). The molecule has 0 amide bonds. The minimum absolute atomic E-state index is 0.282. The number of pyridine rings is 1. The Hall–Kier alpha value is -1.85. The van der Waals surface area contributed by atoms with Crippen molar-refractivity contribution in [2.24, 2.45) is 0 Å². The van der Waals surface area contributed by atoms with E-state index in [1.807, 2.05) is 12.3 Å². The van der Waals surface area contributed by atoms with Crippen LogP contribution in [0.2, 0.25) is 0 Å². The fourth-order valence-electron chi connectivity index (χ4n) is 2.25. The molecule has 0 bridgehead atoms. The largest absolute Gasteiger partial charge is 0.310 e. The Kier molecular flexibility index (Phi) is 4.33. The molecule has 1 unspecified atom stereocenters. The number of terminal acetylenes is 1. The fourth-order valence-corrected chi connectivity index (χ4v) is 2.25. The van der Waals surface area contributed by atoms with Crippen LogP contribution in [0.1, 0.15) is 31.4 Å². The molecule has 0 saturated heterocycles. The average molecular weight is 238 g/mol. The van der Waals surface area contributed by atoms with Crippen LogP contribution in [0.15, 0.2) is 36.5 Å². The Morgan fingerprint density at radius 2 is 2.17 bits per heavy atom. The lowest BCUT2D eigenvalue weighted by Gasteiger charge is -2.18.